The maximum absolute atomic E-state index is 2.52. The summed E-state index contributed by atoms with van der Waals surface area (Å²) in [5.41, 5.74) is 3.52. The van der Waals surface area contributed by atoms with Gasteiger partial charge in [-0.25, -0.2) is 0 Å². The highest BCUT2D eigenvalue weighted by Crippen LogP contribution is 2.52. The molecule has 0 heteroatoms. The lowest BCUT2D eigenvalue weighted by atomic mass is 9.73. The summed E-state index contributed by atoms with van der Waals surface area (Å²) in [4.78, 5) is 0. The van der Waals surface area contributed by atoms with E-state index < -0.39 is 0 Å². The van der Waals surface area contributed by atoms with E-state index in [1.54, 1.807) is 11.1 Å². The molecule has 4 aliphatic carbocycles. The van der Waals surface area contributed by atoms with Crippen molar-refractivity contribution in [1.82, 2.24) is 0 Å². The molecular weight excluding hydrogens is 300 g/mol. The SMILES string of the molecule is c1ccc(C2CC[C@@H]3CCCCC23)c(CC2CC[C@H]3CCCCC23)c1. The molecule has 0 spiro atoms. The Morgan fingerprint density at radius 3 is 2.20 bits per heavy atom. The largest absolute Gasteiger partial charge is 0.0620 e. The van der Waals surface area contributed by atoms with Gasteiger partial charge in [0.05, 0.1) is 0 Å². The van der Waals surface area contributed by atoms with Crippen molar-refractivity contribution in [3.63, 3.8) is 0 Å². The molecule has 4 aliphatic rings. The minimum Gasteiger partial charge on any atom is -0.0620 e. The summed E-state index contributed by atoms with van der Waals surface area (Å²) in [6.45, 7) is 0. The van der Waals surface area contributed by atoms with Crippen LogP contribution in [-0.2, 0) is 6.42 Å². The van der Waals surface area contributed by atoms with Gasteiger partial charge in [0, 0.05) is 0 Å². The van der Waals surface area contributed by atoms with Crippen LogP contribution >= 0.6 is 0 Å². The first-order valence-electron chi connectivity index (χ1n) is 11.5. The van der Waals surface area contributed by atoms with Gasteiger partial charge in [-0.3, -0.25) is 0 Å². The van der Waals surface area contributed by atoms with Crippen LogP contribution in [0.3, 0.4) is 0 Å². The zero-order valence-electron chi connectivity index (χ0n) is 16.0. The quantitative estimate of drug-likeness (QED) is 0.550. The van der Waals surface area contributed by atoms with Crippen molar-refractivity contribution in [2.24, 2.45) is 29.6 Å². The fourth-order valence-electron chi connectivity index (χ4n) is 7.59. The van der Waals surface area contributed by atoms with E-state index in [1.165, 1.54) is 83.5 Å². The second-order valence-corrected chi connectivity index (χ2v) is 9.84. The van der Waals surface area contributed by atoms with Crippen molar-refractivity contribution >= 4 is 0 Å². The second kappa shape index (κ2) is 7.09. The molecule has 0 heterocycles. The van der Waals surface area contributed by atoms with Gasteiger partial charge in [-0.2, -0.15) is 0 Å². The molecule has 136 valence electrons. The Balaban J connectivity index is 1.36. The first-order chi connectivity index (χ1) is 12.4. The van der Waals surface area contributed by atoms with Gasteiger partial charge >= 0.3 is 0 Å². The van der Waals surface area contributed by atoms with E-state index in [-0.39, 0.29) is 0 Å². The molecule has 1 aromatic rings. The molecule has 4 saturated carbocycles. The van der Waals surface area contributed by atoms with Gasteiger partial charge in [-0.15, -0.1) is 0 Å². The van der Waals surface area contributed by atoms with E-state index in [9.17, 15) is 0 Å². The lowest BCUT2D eigenvalue weighted by Gasteiger charge is -2.32. The van der Waals surface area contributed by atoms with Gasteiger partial charge in [0.2, 0.25) is 0 Å². The first-order valence-corrected chi connectivity index (χ1v) is 11.5. The number of rotatable bonds is 3. The highest BCUT2D eigenvalue weighted by molar-refractivity contribution is 5.33. The monoisotopic (exact) mass is 336 g/mol. The van der Waals surface area contributed by atoms with Crippen LogP contribution in [0.15, 0.2) is 24.3 Å². The summed E-state index contributed by atoms with van der Waals surface area (Å²) in [6, 6.07) is 9.67. The molecule has 0 saturated heterocycles. The highest BCUT2D eigenvalue weighted by Gasteiger charge is 2.40. The fraction of sp³-hybridized carbons (Fsp3) is 0.760. The van der Waals surface area contributed by atoms with E-state index in [4.69, 9.17) is 0 Å². The Morgan fingerprint density at radius 2 is 1.32 bits per heavy atom. The lowest BCUT2D eigenvalue weighted by molar-refractivity contribution is 0.226. The van der Waals surface area contributed by atoms with E-state index in [2.05, 4.69) is 24.3 Å². The van der Waals surface area contributed by atoms with Crippen LogP contribution in [0, 0.1) is 29.6 Å². The van der Waals surface area contributed by atoms with Crippen molar-refractivity contribution in [2.45, 2.75) is 89.4 Å². The van der Waals surface area contributed by atoms with E-state index in [0.717, 1.165) is 35.5 Å². The van der Waals surface area contributed by atoms with Crippen molar-refractivity contribution in [3.8, 4) is 0 Å². The van der Waals surface area contributed by atoms with Gasteiger partial charge in [0.25, 0.3) is 0 Å². The molecule has 0 N–H and O–H groups in total. The minimum absolute atomic E-state index is 0.894. The van der Waals surface area contributed by atoms with Crippen molar-refractivity contribution in [2.75, 3.05) is 0 Å². The third-order valence-corrected chi connectivity index (χ3v) is 8.75. The average molecular weight is 337 g/mol. The van der Waals surface area contributed by atoms with Gasteiger partial charge < -0.3 is 0 Å². The van der Waals surface area contributed by atoms with Gasteiger partial charge in [-0.1, -0.05) is 62.8 Å². The Morgan fingerprint density at radius 1 is 0.640 bits per heavy atom. The van der Waals surface area contributed by atoms with Gasteiger partial charge in [0.15, 0.2) is 0 Å². The smallest absolute Gasteiger partial charge is 0.0128 e. The lowest BCUT2D eigenvalue weighted by Crippen LogP contribution is -2.22. The van der Waals surface area contributed by atoms with Crippen LogP contribution in [0.4, 0.5) is 0 Å². The third-order valence-electron chi connectivity index (χ3n) is 8.75. The molecule has 0 radical (unpaired) electrons. The number of benzene rings is 1. The van der Waals surface area contributed by atoms with Crippen LogP contribution < -0.4 is 0 Å². The summed E-state index contributed by atoms with van der Waals surface area (Å²) in [7, 11) is 0. The molecule has 0 bridgehead atoms. The van der Waals surface area contributed by atoms with Gasteiger partial charge in [0.1, 0.15) is 0 Å². The molecule has 0 nitrogen and oxygen atoms in total. The predicted molar refractivity (Wildman–Crippen MR) is 106 cm³/mol. The third kappa shape index (κ3) is 3.08. The highest BCUT2D eigenvalue weighted by atomic mass is 14.5. The fourth-order valence-corrected chi connectivity index (χ4v) is 7.59. The molecule has 0 aromatic heterocycles. The first kappa shape index (κ1) is 16.4. The number of fused-ring (bicyclic) bond motifs is 2. The average Bonchev–Trinajstić information content (AvgIpc) is 3.27. The molecule has 0 amide bonds. The topological polar surface area (TPSA) is 0 Å². The van der Waals surface area contributed by atoms with Crippen molar-refractivity contribution in [3.05, 3.63) is 35.4 Å². The molecule has 1 aromatic carbocycles. The Hall–Kier alpha value is -0.780. The Kier molecular flexibility index (Phi) is 4.65. The summed E-state index contributed by atoms with van der Waals surface area (Å²) >= 11 is 0. The van der Waals surface area contributed by atoms with Gasteiger partial charge in [-0.05, 0) is 91.6 Å². The van der Waals surface area contributed by atoms with Crippen LogP contribution in [0.25, 0.3) is 0 Å². The van der Waals surface area contributed by atoms with Crippen LogP contribution in [0.1, 0.15) is 94.1 Å². The molecule has 4 unspecified atom stereocenters. The standard InChI is InChI=1S/C25H36/c1-4-10-22-18(7-1)13-14-21(22)17-20-9-3-6-12-24(20)25-16-15-19-8-2-5-11-23(19)25/h3,6,9,12,18-19,21-23,25H,1-2,4-5,7-8,10-11,13-17H2/t18-,19+,21?,22?,23?,25?/m1/s1. The van der Waals surface area contributed by atoms with Crippen LogP contribution in [-0.4, -0.2) is 0 Å². The van der Waals surface area contributed by atoms with Crippen LogP contribution in [0.5, 0.6) is 0 Å². The van der Waals surface area contributed by atoms with E-state index in [1.807, 2.05) is 0 Å². The Labute approximate surface area is 154 Å². The summed E-state index contributed by atoms with van der Waals surface area (Å²) in [6.07, 6.45) is 19.5. The van der Waals surface area contributed by atoms with Crippen molar-refractivity contribution < 1.29 is 0 Å². The maximum atomic E-state index is 2.52. The number of hydrogen-bond donors (Lipinski definition) is 0. The zero-order valence-corrected chi connectivity index (χ0v) is 16.0. The van der Waals surface area contributed by atoms with E-state index >= 15 is 0 Å². The summed E-state index contributed by atoms with van der Waals surface area (Å²) in [5.74, 6) is 6.11. The molecular formula is C25H36. The Bertz CT molecular complexity index is 587. The molecule has 0 aliphatic heterocycles. The summed E-state index contributed by atoms with van der Waals surface area (Å²) in [5, 5.41) is 0. The molecule has 4 fully saturated rings. The summed E-state index contributed by atoms with van der Waals surface area (Å²) < 4.78 is 0. The van der Waals surface area contributed by atoms with Crippen LogP contribution in [0.2, 0.25) is 0 Å². The molecule has 6 atom stereocenters. The number of hydrogen-bond acceptors (Lipinski definition) is 0. The van der Waals surface area contributed by atoms with E-state index in [0.29, 0.717) is 0 Å². The molecule has 25 heavy (non-hydrogen) atoms. The minimum atomic E-state index is 0.894. The maximum Gasteiger partial charge on any atom is -0.0128 e. The van der Waals surface area contributed by atoms with Crippen molar-refractivity contribution in [1.29, 1.82) is 0 Å². The molecule has 5 rings (SSSR count). The second-order valence-electron chi connectivity index (χ2n) is 9.84. The normalized spacial score (nSPS) is 40.6. The predicted octanol–water partition coefficient (Wildman–Crippen LogP) is 7.13. The zero-order chi connectivity index (χ0) is 16.6.